The predicted molar refractivity (Wildman–Crippen MR) is 81.5 cm³/mol. The summed E-state index contributed by atoms with van der Waals surface area (Å²) < 4.78 is 14.4. The summed E-state index contributed by atoms with van der Waals surface area (Å²) in [5.41, 5.74) is 6.28. The van der Waals surface area contributed by atoms with Crippen LogP contribution < -0.4 is 5.73 Å². The molecular formula is C15H18BrFN2O. The van der Waals surface area contributed by atoms with Gasteiger partial charge < -0.3 is 10.6 Å². The van der Waals surface area contributed by atoms with E-state index in [4.69, 9.17) is 5.73 Å². The van der Waals surface area contributed by atoms with Gasteiger partial charge in [-0.3, -0.25) is 4.79 Å². The van der Waals surface area contributed by atoms with Crippen LogP contribution in [0.1, 0.15) is 25.3 Å². The van der Waals surface area contributed by atoms with Crippen LogP contribution in [0.2, 0.25) is 0 Å². The molecule has 0 bridgehead atoms. The number of nitrogens with zero attached hydrogens (tertiary/aromatic N) is 1. The first-order valence-corrected chi connectivity index (χ1v) is 7.46. The van der Waals surface area contributed by atoms with Crippen molar-refractivity contribution in [3.8, 4) is 0 Å². The third-order valence-corrected chi connectivity index (χ3v) is 4.06. The molecule has 1 amide bonds. The van der Waals surface area contributed by atoms with Crippen molar-refractivity contribution in [3.63, 3.8) is 0 Å². The second kappa shape index (κ2) is 6.50. The molecule has 1 heterocycles. The van der Waals surface area contributed by atoms with Gasteiger partial charge in [-0.05, 0) is 44.0 Å². The highest BCUT2D eigenvalue weighted by molar-refractivity contribution is 9.10. The lowest BCUT2D eigenvalue weighted by Crippen LogP contribution is -2.47. The average molecular weight is 341 g/mol. The number of rotatable bonds is 2. The Morgan fingerprint density at radius 2 is 2.30 bits per heavy atom. The maximum Gasteiger partial charge on any atom is 0.246 e. The van der Waals surface area contributed by atoms with Crippen LogP contribution in [0.4, 0.5) is 4.39 Å². The van der Waals surface area contributed by atoms with E-state index in [1.165, 1.54) is 18.2 Å². The summed E-state index contributed by atoms with van der Waals surface area (Å²) in [6.07, 6.45) is 4.57. The average Bonchev–Trinajstić information content (AvgIpc) is 2.39. The molecule has 1 saturated heterocycles. The highest BCUT2D eigenvalue weighted by Gasteiger charge is 2.25. The molecule has 0 aliphatic carbocycles. The summed E-state index contributed by atoms with van der Waals surface area (Å²) in [4.78, 5) is 13.9. The van der Waals surface area contributed by atoms with Gasteiger partial charge in [0, 0.05) is 34.7 Å². The molecule has 0 aromatic heterocycles. The minimum atomic E-state index is -0.342. The Morgan fingerprint density at radius 1 is 1.55 bits per heavy atom. The van der Waals surface area contributed by atoms with Crippen LogP contribution in [0.25, 0.3) is 6.08 Å². The van der Waals surface area contributed by atoms with Crippen molar-refractivity contribution in [1.29, 1.82) is 0 Å². The van der Waals surface area contributed by atoms with E-state index in [0.717, 1.165) is 17.3 Å². The van der Waals surface area contributed by atoms with Gasteiger partial charge in [-0.2, -0.15) is 0 Å². The van der Waals surface area contributed by atoms with Crippen LogP contribution in [-0.2, 0) is 4.79 Å². The molecule has 5 heteroatoms. The van der Waals surface area contributed by atoms with Crippen molar-refractivity contribution in [2.75, 3.05) is 6.54 Å². The topological polar surface area (TPSA) is 46.3 Å². The quantitative estimate of drug-likeness (QED) is 0.841. The van der Waals surface area contributed by atoms with Crippen LogP contribution in [0.15, 0.2) is 28.7 Å². The SMILES string of the molecule is CC1CC(N)CCN1C(=O)/C=C/c1cc(Br)ccc1F. The van der Waals surface area contributed by atoms with Crippen molar-refractivity contribution in [1.82, 2.24) is 4.90 Å². The Labute approximate surface area is 126 Å². The van der Waals surface area contributed by atoms with Gasteiger partial charge in [-0.1, -0.05) is 15.9 Å². The molecule has 2 rings (SSSR count). The lowest BCUT2D eigenvalue weighted by molar-refractivity contribution is -0.129. The van der Waals surface area contributed by atoms with Crippen molar-refractivity contribution < 1.29 is 9.18 Å². The first-order chi connectivity index (χ1) is 9.47. The molecular weight excluding hydrogens is 323 g/mol. The molecule has 1 aliphatic rings. The van der Waals surface area contributed by atoms with E-state index in [9.17, 15) is 9.18 Å². The predicted octanol–water partition coefficient (Wildman–Crippen LogP) is 2.94. The summed E-state index contributed by atoms with van der Waals surface area (Å²) >= 11 is 3.29. The lowest BCUT2D eigenvalue weighted by atomic mass is 9.99. The van der Waals surface area contributed by atoms with Gasteiger partial charge in [0.1, 0.15) is 5.82 Å². The van der Waals surface area contributed by atoms with Crippen LogP contribution in [-0.4, -0.2) is 29.4 Å². The summed E-state index contributed by atoms with van der Waals surface area (Å²) in [6, 6.07) is 4.94. The molecule has 108 valence electrons. The molecule has 2 N–H and O–H groups in total. The number of hydrogen-bond donors (Lipinski definition) is 1. The van der Waals surface area contributed by atoms with Gasteiger partial charge in [0.05, 0.1) is 0 Å². The number of nitrogens with two attached hydrogens (primary N) is 1. The smallest absolute Gasteiger partial charge is 0.246 e. The maximum absolute atomic E-state index is 13.6. The normalized spacial score (nSPS) is 23.3. The minimum Gasteiger partial charge on any atom is -0.336 e. The summed E-state index contributed by atoms with van der Waals surface area (Å²) in [7, 11) is 0. The van der Waals surface area contributed by atoms with Crippen molar-refractivity contribution in [2.45, 2.75) is 31.8 Å². The molecule has 20 heavy (non-hydrogen) atoms. The highest BCUT2D eigenvalue weighted by Crippen LogP contribution is 2.19. The molecule has 0 saturated carbocycles. The first-order valence-electron chi connectivity index (χ1n) is 6.66. The fraction of sp³-hybridized carbons (Fsp3) is 0.400. The molecule has 1 aromatic carbocycles. The zero-order valence-electron chi connectivity index (χ0n) is 11.4. The van der Waals surface area contributed by atoms with Gasteiger partial charge >= 0.3 is 0 Å². The Kier molecular flexibility index (Phi) is 4.94. The third-order valence-electron chi connectivity index (χ3n) is 3.56. The van der Waals surface area contributed by atoms with Gasteiger partial charge in [-0.15, -0.1) is 0 Å². The number of carbonyl (C=O) groups is 1. The first kappa shape index (κ1) is 15.2. The van der Waals surface area contributed by atoms with Gasteiger partial charge in [0.25, 0.3) is 0 Å². The van der Waals surface area contributed by atoms with Crippen molar-refractivity contribution in [3.05, 3.63) is 40.1 Å². The molecule has 1 aromatic rings. The van der Waals surface area contributed by atoms with Gasteiger partial charge in [-0.25, -0.2) is 4.39 Å². The van der Waals surface area contributed by atoms with Crippen molar-refractivity contribution in [2.24, 2.45) is 5.73 Å². The van der Waals surface area contributed by atoms with Gasteiger partial charge in [0.15, 0.2) is 0 Å². The second-order valence-electron chi connectivity index (χ2n) is 5.16. The number of piperidine rings is 1. The third kappa shape index (κ3) is 3.67. The Bertz CT molecular complexity index is 533. The molecule has 0 spiro atoms. The summed E-state index contributed by atoms with van der Waals surface area (Å²) in [5, 5.41) is 0. The Morgan fingerprint density at radius 3 is 3.00 bits per heavy atom. The van der Waals surface area contributed by atoms with E-state index in [1.54, 1.807) is 17.0 Å². The fourth-order valence-electron chi connectivity index (χ4n) is 2.44. The number of hydrogen-bond acceptors (Lipinski definition) is 2. The number of amides is 1. The summed E-state index contributed by atoms with van der Waals surface area (Å²) in [5.74, 6) is -0.435. The monoisotopic (exact) mass is 340 g/mol. The largest absolute Gasteiger partial charge is 0.336 e. The number of benzene rings is 1. The van der Waals surface area contributed by atoms with E-state index < -0.39 is 0 Å². The number of carbonyl (C=O) groups excluding carboxylic acids is 1. The maximum atomic E-state index is 13.6. The molecule has 2 unspecified atom stereocenters. The van der Waals surface area contributed by atoms with Crippen LogP contribution in [0.5, 0.6) is 0 Å². The molecule has 2 atom stereocenters. The lowest BCUT2D eigenvalue weighted by Gasteiger charge is -2.35. The van der Waals surface area contributed by atoms with E-state index in [-0.39, 0.29) is 23.8 Å². The van der Waals surface area contributed by atoms with E-state index >= 15 is 0 Å². The fourth-order valence-corrected chi connectivity index (χ4v) is 2.81. The zero-order chi connectivity index (χ0) is 14.7. The second-order valence-corrected chi connectivity index (χ2v) is 6.08. The Hall–Kier alpha value is -1.20. The van der Waals surface area contributed by atoms with Gasteiger partial charge in [0.2, 0.25) is 5.91 Å². The zero-order valence-corrected chi connectivity index (χ0v) is 12.9. The molecule has 3 nitrogen and oxygen atoms in total. The minimum absolute atomic E-state index is 0.0937. The number of likely N-dealkylation sites (tertiary alicyclic amines) is 1. The Balaban J connectivity index is 2.07. The van der Waals surface area contributed by atoms with E-state index in [2.05, 4.69) is 15.9 Å². The highest BCUT2D eigenvalue weighted by atomic mass is 79.9. The standard InChI is InChI=1S/C15H18BrFN2O/c1-10-8-13(18)6-7-19(10)15(20)5-2-11-9-12(16)3-4-14(11)17/h2-5,9-10,13H,6-8,18H2,1H3/b5-2+. The van der Waals surface area contributed by atoms with E-state index in [0.29, 0.717) is 12.1 Å². The molecule has 1 aliphatic heterocycles. The van der Waals surface area contributed by atoms with Crippen LogP contribution >= 0.6 is 15.9 Å². The van der Waals surface area contributed by atoms with E-state index in [1.807, 2.05) is 6.92 Å². The van der Waals surface area contributed by atoms with Crippen LogP contribution in [0.3, 0.4) is 0 Å². The van der Waals surface area contributed by atoms with Crippen LogP contribution in [0, 0.1) is 5.82 Å². The molecule has 0 radical (unpaired) electrons. The molecule has 1 fully saturated rings. The number of halogens is 2. The summed E-state index contributed by atoms with van der Waals surface area (Å²) in [6.45, 7) is 2.65. The van der Waals surface area contributed by atoms with Crippen molar-refractivity contribution >= 4 is 27.9 Å².